The van der Waals surface area contributed by atoms with Crippen molar-refractivity contribution in [3.8, 4) is 17.2 Å². The summed E-state index contributed by atoms with van der Waals surface area (Å²) in [5.41, 5.74) is 0.157. The van der Waals surface area contributed by atoms with Crippen LogP contribution in [0, 0.1) is 11.7 Å². The second-order valence-electron chi connectivity index (χ2n) is 6.59. The molecule has 1 aromatic heterocycles. The maximum absolute atomic E-state index is 13.4. The molecule has 0 bridgehead atoms. The van der Waals surface area contributed by atoms with Crippen LogP contribution in [0.4, 0.5) is 4.39 Å². The molecule has 7 heteroatoms. The molecule has 24 heavy (non-hydrogen) atoms. The number of benzene rings is 1. The summed E-state index contributed by atoms with van der Waals surface area (Å²) < 4.78 is 18.6. The maximum Gasteiger partial charge on any atom is 0.261 e. The van der Waals surface area contributed by atoms with Crippen molar-refractivity contribution in [3.63, 3.8) is 0 Å². The van der Waals surface area contributed by atoms with Crippen LogP contribution in [0.3, 0.4) is 0 Å². The van der Waals surface area contributed by atoms with Crippen LogP contribution >= 0.6 is 0 Å². The summed E-state index contributed by atoms with van der Waals surface area (Å²) in [4.78, 5) is 18.3. The summed E-state index contributed by atoms with van der Waals surface area (Å²) >= 11 is 0. The minimum atomic E-state index is -0.741. The average Bonchev–Trinajstić information content (AvgIpc) is 3.13. The number of carbonyl (C=O) groups excluding carboxylic acids is 1. The Morgan fingerprint density at radius 1 is 1.38 bits per heavy atom. The van der Waals surface area contributed by atoms with E-state index in [0.29, 0.717) is 24.7 Å². The van der Waals surface area contributed by atoms with E-state index in [1.807, 2.05) is 4.90 Å². The van der Waals surface area contributed by atoms with Gasteiger partial charge in [-0.2, -0.15) is 4.98 Å². The Hall–Kier alpha value is -2.44. The molecule has 1 unspecified atom stereocenters. The van der Waals surface area contributed by atoms with E-state index in [4.69, 9.17) is 4.52 Å². The Morgan fingerprint density at radius 2 is 2.21 bits per heavy atom. The van der Waals surface area contributed by atoms with Crippen LogP contribution in [-0.4, -0.2) is 39.1 Å². The van der Waals surface area contributed by atoms with Crippen LogP contribution in [-0.2, 0) is 4.79 Å². The van der Waals surface area contributed by atoms with Crippen LogP contribution in [0.2, 0.25) is 0 Å². The molecule has 1 aromatic carbocycles. The van der Waals surface area contributed by atoms with Crippen LogP contribution in [0.15, 0.2) is 22.7 Å². The summed E-state index contributed by atoms with van der Waals surface area (Å²) in [6.45, 7) is 1.40. The molecule has 2 aliphatic rings. The lowest BCUT2D eigenvalue weighted by Crippen LogP contribution is -2.33. The van der Waals surface area contributed by atoms with Gasteiger partial charge in [-0.05, 0) is 30.9 Å². The van der Waals surface area contributed by atoms with Crippen LogP contribution in [0.5, 0.6) is 5.75 Å². The van der Waals surface area contributed by atoms with Gasteiger partial charge in [0, 0.05) is 25.4 Å². The van der Waals surface area contributed by atoms with Crippen molar-refractivity contribution in [2.75, 3.05) is 13.1 Å². The van der Waals surface area contributed by atoms with Crippen LogP contribution < -0.4 is 0 Å². The van der Waals surface area contributed by atoms with Gasteiger partial charge >= 0.3 is 0 Å². The Morgan fingerprint density at radius 3 is 2.96 bits per heavy atom. The molecule has 2 aromatic rings. The van der Waals surface area contributed by atoms with Crippen molar-refractivity contribution in [2.24, 2.45) is 5.92 Å². The molecular formula is C17H18FN3O3. The number of phenolic OH excluding ortho intramolecular Hbond substituents is 1. The lowest BCUT2D eigenvalue weighted by Gasteiger charge is -2.30. The number of carbonyl (C=O) groups is 1. The predicted molar refractivity (Wildman–Crippen MR) is 82.6 cm³/mol. The number of phenols is 1. The van der Waals surface area contributed by atoms with Gasteiger partial charge in [-0.15, -0.1) is 0 Å². The minimum Gasteiger partial charge on any atom is -0.504 e. The van der Waals surface area contributed by atoms with Gasteiger partial charge in [0.1, 0.15) is 0 Å². The molecule has 0 radical (unpaired) electrons. The van der Waals surface area contributed by atoms with Gasteiger partial charge < -0.3 is 14.5 Å². The fraction of sp³-hybridized carbons (Fsp3) is 0.471. The Labute approximate surface area is 138 Å². The molecule has 1 aliphatic heterocycles. The van der Waals surface area contributed by atoms with E-state index in [-0.39, 0.29) is 23.3 Å². The van der Waals surface area contributed by atoms with Gasteiger partial charge in [-0.1, -0.05) is 17.6 Å². The van der Waals surface area contributed by atoms with Crippen molar-refractivity contribution < 1.29 is 18.8 Å². The van der Waals surface area contributed by atoms with Crippen molar-refractivity contribution in [1.29, 1.82) is 0 Å². The van der Waals surface area contributed by atoms with E-state index in [2.05, 4.69) is 10.1 Å². The zero-order valence-electron chi connectivity index (χ0n) is 13.1. The molecule has 4 rings (SSSR count). The third-order valence-electron chi connectivity index (χ3n) is 4.94. The lowest BCUT2D eigenvalue weighted by atomic mass is 9.85. The Bertz CT molecular complexity index is 772. The van der Waals surface area contributed by atoms with E-state index in [1.165, 1.54) is 31.4 Å². The van der Waals surface area contributed by atoms with E-state index in [0.717, 1.165) is 12.6 Å². The van der Waals surface area contributed by atoms with E-state index < -0.39 is 11.6 Å². The lowest BCUT2D eigenvalue weighted by molar-refractivity contribution is -0.128. The molecule has 2 fully saturated rings. The SMILES string of the molecule is O=C1CC(c2noc(-c3cccc(F)c3O)n2)CN1CC1CCC1. The fourth-order valence-electron chi connectivity index (χ4n) is 3.31. The third-order valence-corrected chi connectivity index (χ3v) is 4.94. The quantitative estimate of drug-likeness (QED) is 0.932. The normalized spacial score (nSPS) is 21.3. The molecule has 1 atom stereocenters. The summed E-state index contributed by atoms with van der Waals surface area (Å²) in [6.07, 6.45) is 4.00. The van der Waals surface area contributed by atoms with Crippen LogP contribution in [0.1, 0.15) is 37.4 Å². The highest BCUT2D eigenvalue weighted by Crippen LogP contribution is 2.34. The molecule has 1 saturated heterocycles. The van der Waals surface area contributed by atoms with Crippen molar-refractivity contribution >= 4 is 5.91 Å². The van der Waals surface area contributed by atoms with Gasteiger partial charge in [0.05, 0.1) is 5.56 Å². The van der Waals surface area contributed by atoms with Gasteiger partial charge in [0.2, 0.25) is 5.91 Å². The van der Waals surface area contributed by atoms with Crippen LogP contribution in [0.25, 0.3) is 11.5 Å². The molecule has 1 N–H and O–H groups in total. The number of hydrogen-bond donors (Lipinski definition) is 1. The second kappa shape index (κ2) is 5.89. The molecular weight excluding hydrogens is 313 g/mol. The summed E-state index contributed by atoms with van der Waals surface area (Å²) in [6, 6.07) is 4.14. The fourth-order valence-corrected chi connectivity index (χ4v) is 3.31. The third kappa shape index (κ3) is 2.64. The molecule has 6 nitrogen and oxygen atoms in total. The number of nitrogens with zero attached hydrogens (tertiary/aromatic N) is 3. The first-order valence-corrected chi connectivity index (χ1v) is 8.21. The summed E-state index contributed by atoms with van der Waals surface area (Å²) in [5, 5.41) is 13.7. The average molecular weight is 331 g/mol. The highest BCUT2D eigenvalue weighted by Gasteiger charge is 2.35. The number of halogens is 1. The van der Waals surface area contributed by atoms with Crippen molar-refractivity contribution in [1.82, 2.24) is 15.0 Å². The van der Waals surface area contributed by atoms with Gasteiger partial charge in [-0.3, -0.25) is 4.79 Å². The zero-order chi connectivity index (χ0) is 16.7. The van der Waals surface area contributed by atoms with Gasteiger partial charge in [-0.25, -0.2) is 4.39 Å². The van der Waals surface area contributed by atoms with E-state index in [9.17, 15) is 14.3 Å². The first kappa shape index (κ1) is 15.1. The standard InChI is InChI=1S/C17H18FN3O3/c18-13-6-2-5-12(15(13)23)17-19-16(20-24-17)11-7-14(22)21(9-11)8-10-3-1-4-10/h2,5-6,10-11,23H,1,3-4,7-9H2. The van der Waals surface area contributed by atoms with E-state index >= 15 is 0 Å². The highest BCUT2D eigenvalue weighted by atomic mass is 19.1. The molecule has 0 spiro atoms. The topological polar surface area (TPSA) is 79.5 Å². The second-order valence-corrected chi connectivity index (χ2v) is 6.59. The van der Waals surface area contributed by atoms with E-state index in [1.54, 1.807) is 0 Å². The Balaban J connectivity index is 1.50. The van der Waals surface area contributed by atoms with Gasteiger partial charge in [0.15, 0.2) is 17.4 Å². The van der Waals surface area contributed by atoms with Gasteiger partial charge in [0.25, 0.3) is 5.89 Å². The largest absolute Gasteiger partial charge is 0.504 e. The number of para-hydroxylation sites is 1. The number of amides is 1. The monoisotopic (exact) mass is 331 g/mol. The summed E-state index contributed by atoms with van der Waals surface area (Å²) in [7, 11) is 0. The number of aromatic nitrogens is 2. The Kier molecular flexibility index (Phi) is 3.70. The zero-order valence-corrected chi connectivity index (χ0v) is 13.1. The number of likely N-dealkylation sites (tertiary alicyclic amines) is 1. The molecule has 1 aliphatic carbocycles. The number of rotatable bonds is 4. The minimum absolute atomic E-state index is 0.0619. The first-order chi connectivity index (χ1) is 11.6. The molecule has 1 saturated carbocycles. The first-order valence-electron chi connectivity index (χ1n) is 8.21. The highest BCUT2D eigenvalue weighted by molar-refractivity contribution is 5.79. The van der Waals surface area contributed by atoms with Crippen molar-refractivity contribution in [2.45, 2.75) is 31.6 Å². The molecule has 2 heterocycles. The summed E-state index contributed by atoms with van der Waals surface area (Å²) in [5.74, 6) is -0.141. The maximum atomic E-state index is 13.4. The molecule has 126 valence electrons. The predicted octanol–water partition coefficient (Wildman–Crippen LogP) is 2.70. The number of hydrogen-bond acceptors (Lipinski definition) is 5. The number of aromatic hydroxyl groups is 1. The van der Waals surface area contributed by atoms with Crippen molar-refractivity contribution in [3.05, 3.63) is 29.8 Å². The molecule has 1 amide bonds. The smallest absolute Gasteiger partial charge is 0.261 e.